The van der Waals surface area contributed by atoms with E-state index in [0.29, 0.717) is 5.69 Å². The summed E-state index contributed by atoms with van der Waals surface area (Å²) in [6.07, 6.45) is 1.03. The largest absolute Gasteiger partial charge is 0.324 e. The van der Waals surface area contributed by atoms with Crippen molar-refractivity contribution in [3.05, 3.63) is 57.6 Å². The van der Waals surface area contributed by atoms with Crippen molar-refractivity contribution < 1.29 is 13.2 Å². The molecule has 0 heterocycles. The second-order valence-electron chi connectivity index (χ2n) is 6.17. The highest BCUT2D eigenvalue weighted by atomic mass is 35.5. The zero-order valence-electron chi connectivity index (χ0n) is 14.9. The number of sulfonamides is 1. The van der Waals surface area contributed by atoms with Gasteiger partial charge in [-0.1, -0.05) is 40.9 Å². The number of anilines is 2. The van der Waals surface area contributed by atoms with Gasteiger partial charge in [0.1, 0.15) is 6.04 Å². The van der Waals surface area contributed by atoms with E-state index in [1.165, 1.54) is 25.1 Å². The molecule has 0 bridgehead atoms. The normalized spacial score (nSPS) is 12.5. The third kappa shape index (κ3) is 4.90. The molecule has 2 aromatic carbocycles. The molecule has 26 heavy (non-hydrogen) atoms. The molecule has 0 saturated heterocycles. The number of nitrogens with one attached hydrogen (secondary N) is 1. The van der Waals surface area contributed by atoms with Gasteiger partial charge in [-0.25, -0.2) is 8.42 Å². The fourth-order valence-electron chi connectivity index (χ4n) is 2.67. The molecular weight excluding hydrogens is 395 g/mol. The number of benzene rings is 2. The van der Waals surface area contributed by atoms with E-state index in [9.17, 15) is 13.2 Å². The summed E-state index contributed by atoms with van der Waals surface area (Å²) >= 11 is 12.0. The molecule has 0 fully saturated rings. The number of carbonyl (C=O) groups is 1. The molecule has 0 aromatic heterocycles. The molecule has 0 radical (unpaired) electrons. The number of halogens is 2. The maximum Gasteiger partial charge on any atom is 0.248 e. The Labute approximate surface area is 164 Å². The van der Waals surface area contributed by atoms with Crippen molar-refractivity contribution in [1.82, 2.24) is 0 Å². The lowest BCUT2D eigenvalue weighted by Crippen LogP contribution is -2.45. The Kier molecular flexibility index (Phi) is 6.21. The highest BCUT2D eigenvalue weighted by Crippen LogP contribution is 2.29. The molecule has 0 aliphatic heterocycles. The smallest absolute Gasteiger partial charge is 0.248 e. The van der Waals surface area contributed by atoms with Gasteiger partial charge < -0.3 is 5.32 Å². The number of hydrogen-bond acceptors (Lipinski definition) is 3. The van der Waals surface area contributed by atoms with E-state index < -0.39 is 22.0 Å². The number of carbonyl (C=O) groups excluding carboxylic acids is 1. The Morgan fingerprint density at radius 1 is 1.08 bits per heavy atom. The summed E-state index contributed by atoms with van der Waals surface area (Å²) in [6, 6.07) is 9.00. The summed E-state index contributed by atoms with van der Waals surface area (Å²) in [5.74, 6) is -0.460. The summed E-state index contributed by atoms with van der Waals surface area (Å²) < 4.78 is 25.7. The molecular formula is C18H20Cl2N2O3S. The molecule has 140 valence electrons. The van der Waals surface area contributed by atoms with E-state index in [0.717, 1.165) is 21.7 Å². The molecule has 0 unspecified atom stereocenters. The number of aryl methyl sites for hydroxylation is 2. The number of amides is 1. The van der Waals surface area contributed by atoms with Gasteiger partial charge >= 0.3 is 0 Å². The van der Waals surface area contributed by atoms with Gasteiger partial charge in [-0.2, -0.15) is 0 Å². The lowest BCUT2D eigenvalue weighted by Gasteiger charge is -2.28. The molecule has 0 spiro atoms. The summed E-state index contributed by atoms with van der Waals surface area (Å²) in [6.45, 7) is 5.34. The third-order valence-electron chi connectivity index (χ3n) is 3.83. The van der Waals surface area contributed by atoms with Crippen LogP contribution in [0.3, 0.4) is 0 Å². The second-order valence-corrected chi connectivity index (χ2v) is 8.90. The van der Waals surface area contributed by atoms with Crippen molar-refractivity contribution in [3.8, 4) is 0 Å². The molecule has 1 atom stereocenters. The summed E-state index contributed by atoms with van der Waals surface area (Å²) in [5, 5.41) is 3.34. The van der Waals surface area contributed by atoms with E-state index in [-0.39, 0.29) is 15.7 Å². The van der Waals surface area contributed by atoms with Crippen LogP contribution in [0, 0.1) is 13.8 Å². The highest BCUT2D eigenvalue weighted by molar-refractivity contribution is 7.92. The van der Waals surface area contributed by atoms with Crippen LogP contribution in [0.5, 0.6) is 0 Å². The summed E-state index contributed by atoms with van der Waals surface area (Å²) in [7, 11) is -3.75. The molecule has 2 aromatic rings. The highest BCUT2D eigenvalue weighted by Gasteiger charge is 2.29. The zero-order valence-corrected chi connectivity index (χ0v) is 17.2. The fourth-order valence-corrected chi connectivity index (χ4v) is 4.34. The molecule has 5 nitrogen and oxygen atoms in total. The molecule has 8 heteroatoms. The van der Waals surface area contributed by atoms with Gasteiger partial charge in [0, 0.05) is 15.7 Å². The average molecular weight is 415 g/mol. The van der Waals surface area contributed by atoms with Crippen molar-refractivity contribution in [2.45, 2.75) is 26.8 Å². The SMILES string of the molecule is Cc1ccc(NC(=O)[C@@H](C)N(c2cc(Cl)cc(Cl)c2)S(C)(=O)=O)c(C)c1. The van der Waals surface area contributed by atoms with E-state index in [1.807, 2.05) is 26.0 Å². The van der Waals surface area contributed by atoms with Gasteiger partial charge in [0.2, 0.25) is 15.9 Å². The maximum absolute atomic E-state index is 12.7. The van der Waals surface area contributed by atoms with E-state index in [4.69, 9.17) is 23.2 Å². The van der Waals surface area contributed by atoms with Crippen LogP contribution in [0.25, 0.3) is 0 Å². The summed E-state index contributed by atoms with van der Waals surface area (Å²) in [5.41, 5.74) is 2.82. The van der Waals surface area contributed by atoms with Gasteiger partial charge in [-0.3, -0.25) is 9.10 Å². The Bertz CT molecular complexity index is 925. The predicted octanol–water partition coefficient (Wildman–Crippen LogP) is 4.40. The monoisotopic (exact) mass is 414 g/mol. The first-order valence-corrected chi connectivity index (χ1v) is 10.4. The standard InChI is InChI=1S/C18H20Cl2N2O3S/c1-11-5-6-17(12(2)7-11)21-18(23)13(3)22(26(4,24)25)16-9-14(19)8-15(20)10-16/h5-10,13H,1-4H3,(H,21,23)/t13-/m1/s1. The zero-order chi connectivity index (χ0) is 19.6. The van der Waals surface area contributed by atoms with Crippen molar-refractivity contribution >= 4 is 50.5 Å². The van der Waals surface area contributed by atoms with Crippen LogP contribution in [-0.2, 0) is 14.8 Å². The minimum absolute atomic E-state index is 0.230. The lowest BCUT2D eigenvalue weighted by atomic mass is 10.1. The van der Waals surface area contributed by atoms with Gasteiger partial charge in [-0.05, 0) is 50.6 Å². The van der Waals surface area contributed by atoms with Crippen LogP contribution < -0.4 is 9.62 Å². The van der Waals surface area contributed by atoms with Crippen LogP contribution in [0.1, 0.15) is 18.1 Å². The quantitative estimate of drug-likeness (QED) is 0.787. The van der Waals surface area contributed by atoms with Crippen molar-refractivity contribution in [2.75, 3.05) is 15.9 Å². The Hall–Kier alpha value is -1.76. The van der Waals surface area contributed by atoms with Gasteiger partial charge in [0.25, 0.3) is 0 Å². The second kappa shape index (κ2) is 7.86. The fraction of sp³-hybridized carbons (Fsp3) is 0.278. The van der Waals surface area contributed by atoms with Crippen molar-refractivity contribution in [1.29, 1.82) is 0 Å². The molecule has 0 saturated carbocycles. The van der Waals surface area contributed by atoms with E-state index in [1.54, 1.807) is 6.07 Å². The number of hydrogen-bond donors (Lipinski definition) is 1. The topological polar surface area (TPSA) is 66.5 Å². The van der Waals surface area contributed by atoms with Crippen LogP contribution in [0.15, 0.2) is 36.4 Å². The third-order valence-corrected chi connectivity index (χ3v) is 5.51. The van der Waals surface area contributed by atoms with Crippen LogP contribution in [0.2, 0.25) is 10.0 Å². The van der Waals surface area contributed by atoms with Crippen molar-refractivity contribution in [2.24, 2.45) is 0 Å². The molecule has 0 aliphatic carbocycles. The van der Waals surface area contributed by atoms with E-state index in [2.05, 4.69) is 5.32 Å². The molecule has 1 N–H and O–H groups in total. The first-order valence-electron chi connectivity index (χ1n) is 7.82. The summed E-state index contributed by atoms with van der Waals surface area (Å²) in [4.78, 5) is 12.7. The first-order chi connectivity index (χ1) is 12.0. The van der Waals surface area contributed by atoms with Crippen LogP contribution in [-0.4, -0.2) is 26.6 Å². The molecule has 0 aliphatic rings. The Balaban J connectivity index is 2.37. The lowest BCUT2D eigenvalue weighted by molar-refractivity contribution is -0.116. The van der Waals surface area contributed by atoms with Crippen LogP contribution >= 0.6 is 23.2 Å². The molecule has 1 amide bonds. The maximum atomic E-state index is 12.7. The Morgan fingerprint density at radius 3 is 2.15 bits per heavy atom. The van der Waals surface area contributed by atoms with E-state index >= 15 is 0 Å². The van der Waals surface area contributed by atoms with Gasteiger partial charge in [-0.15, -0.1) is 0 Å². The average Bonchev–Trinajstić information content (AvgIpc) is 2.47. The van der Waals surface area contributed by atoms with Crippen molar-refractivity contribution in [3.63, 3.8) is 0 Å². The minimum Gasteiger partial charge on any atom is -0.324 e. The van der Waals surface area contributed by atoms with Crippen LogP contribution in [0.4, 0.5) is 11.4 Å². The van der Waals surface area contributed by atoms with Gasteiger partial charge in [0.15, 0.2) is 0 Å². The minimum atomic E-state index is -3.75. The Morgan fingerprint density at radius 2 is 1.65 bits per heavy atom. The number of rotatable bonds is 5. The first kappa shape index (κ1) is 20.6. The molecule has 2 rings (SSSR count). The predicted molar refractivity (Wildman–Crippen MR) is 108 cm³/mol. The van der Waals surface area contributed by atoms with Gasteiger partial charge in [0.05, 0.1) is 11.9 Å². The number of nitrogens with zero attached hydrogens (tertiary/aromatic N) is 1.